The minimum Gasteiger partial charge on any atom is -0.495 e. The van der Waals surface area contributed by atoms with Crippen molar-refractivity contribution >= 4 is 11.8 Å². The molecule has 1 amide bonds. The molecule has 0 aromatic heterocycles. The second-order valence-corrected chi connectivity index (χ2v) is 4.95. The molecule has 1 aliphatic heterocycles. The zero-order chi connectivity index (χ0) is 13.9. The van der Waals surface area contributed by atoms with Gasteiger partial charge in [0, 0.05) is 0 Å². The summed E-state index contributed by atoms with van der Waals surface area (Å²) in [6.07, 6.45) is 1.32. The molecular formula is C14H20N2O3. The lowest BCUT2D eigenvalue weighted by Crippen LogP contribution is -2.45. The quantitative estimate of drug-likeness (QED) is 0.885. The molecule has 0 spiro atoms. The van der Waals surface area contributed by atoms with Gasteiger partial charge in [-0.1, -0.05) is 12.1 Å². The maximum atomic E-state index is 12.0. The fourth-order valence-corrected chi connectivity index (χ4v) is 2.44. The number of cyclic esters (lactones) is 1. The summed E-state index contributed by atoms with van der Waals surface area (Å²) in [5.41, 5.74) is 5.94. The molecule has 5 nitrogen and oxygen atoms in total. The molecule has 0 radical (unpaired) electrons. The van der Waals surface area contributed by atoms with E-state index in [1.807, 2.05) is 31.2 Å². The Morgan fingerprint density at radius 3 is 2.89 bits per heavy atom. The molecule has 1 fully saturated rings. The molecule has 1 aromatic carbocycles. The predicted octanol–water partition coefficient (Wildman–Crippen LogP) is 2.15. The standard InChI is InChI=1S/C14H20N2O3/c1-14(8-5-9-15)10-19-13(17)16(14)11-6-3-4-7-12(11)18-2/h3-4,6-7H,5,8-10,15H2,1-2H3. The summed E-state index contributed by atoms with van der Waals surface area (Å²) in [5, 5.41) is 0. The van der Waals surface area contributed by atoms with E-state index >= 15 is 0 Å². The Kier molecular flexibility index (Phi) is 3.95. The summed E-state index contributed by atoms with van der Waals surface area (Å²) in [6.45, 7) is 2.99. The zero-order valence-corrected chi connectivity index (χ0v) is 11.4. The van der Waals surface area contributed by atoms with Gasteiger partial charge in [-0.25, -0.2) is 4.79 Å². The Labute approximate surface area is 113 Å². The molecule has 0 bridgehead atoms. The number of nitrogens with zero attached hydrogens (tertiary/aromatic N) is 1. The number of para-hydroxylation sites is 2. The van der Waals surface area contributed by atoms with Gasteiger partial charge >= 0.3 is 6.09 Å². The van der Waals surface area contributed by atoms with Crippen molar-refractivity contribution in [3.05, 3.63) is 24.3 Å². The van der Waals surface area contributed by atoms with Gasteiger partial charge < -0.3 is 15.2 Å². The first-order valence-electron chi connectivity index (χ1n) is 6.42. The number of methoxy groups -OCH3 is 1. The lowest BCUT2D eigenvalue weighted by atomic mass is 9.95. The summed E-state index contributed by atoms with van der Waals surface area (Å²) in [6, 6.07) is 7.46. The molecule has 1 atom stereocenters. The number of benzene rings is 1. The highest BCUT2D eigenvalue weighted by Gasteiger charge is 2.45. The van der Waals surface area contributed by atoms with E-state index in [4.69, 9.17) is 15.2 Å². The third-order valence-corrected chi connectivity index (χ3v) is 3.47. The summed E-state index contributed by atoms with van der Waals surface area (Å²) >= 11 is 0. The highest BCUT2D eigenvalue weighted by Crippen LogP contribution is 2.38. The average Bonchev–Trinajstić information content (AvgIpc) is 2.72. The minimum absolute atomic E-state index is 0.330. The van der Waals surface area contributed by atoms with Crippen LogP contribution in [0.1, 0.15) is 19.8 Å². The Hall–Kier alpha value is -1.75. The average molecular weight is 264 g/mol. The van der Waals surface area contributed by atoms with Crippen molar-refractivity contribution < 1.29 is 14.3 Å². The van der Waals surface area contributed by atoms with E-state index in [9.17, 15) is 4.79 Å². The van der Waals surface area contributed by atoms with E-state index in [-0.39, 0.29) is 11.6 Å². The van der Waals surface area contributed by atoms with Crippen LogP contribution in [0.5, 0.6) is 5.75 Å². The fraction of sp³-hybridized carbons (Fsp3) is 0.500. The van der Waals surface area contributed by atoms with Gasteiger partial charge in [0.15, 0.2) is 0 Å². The fourth-order valence-electron chi connectivity index (χ4n) is 2.44. The minimum atomic E-state index is -0.370. The monoisotopic (exact) mass is 264 g/mol. The first kappa shape index (κ1) is 13.7. The molecule has 0 aliphatic carbocycles. The molecule has 2 rings (SSSR count). The molecule has 5 heteroatoms. The van der Waals surface area contributed by atoms with Gasteiger partial charge in [-0.15, -0.1) is 0 Å². The van der Waals surface area contributed by atoms with Crippen LogP contribution < -0.4 is 15.4 Å². The number of carbonyl (C=O) groups excluding carboxylic acids is 1. The SMILES string of the molecule is COc1ccccc1N1C(=O)OCC1(C)CCCN. The van der Waals surface area contributed by atoms with Gasteiger partial charge in [0.25, 0.3) is 0 Å². The highest BCUT2D eigenvalue weighted by molar-refractivity contribution is 5.93. The van der Waals surface area contributed by atoms with Crippen LogP contribution in [0, 0.1) is 0 Å². The molecule has 1 aliphatic rings. The number of anilines is 1. The third-order valence-electron chi connectivity index (χ3n) is 3.47. The summed E-state index contributed by atoms with van der Waals surface area (Å²) in [4.78, 5) is 13.7. The van der Waals surface area contributed by atoms with Crippen LogP contribution in [0.15, 0.2) is 24.3 Å². The largest absolute Gasteiger partial charge is 0.495 e. The maximum Gasteiger partial charge on any atom is 0.415 e. The van der Waals surface area contributed by atoms with Gasteiger partial charge in [-0.2, -0.15) is 0 Å². The van der Waals surface area contributed by atoms with E-state index in [0.717, 1.165) is 18.5 Å². The van der Waals surface area contributed by atoms with Crippen LogP contribution >= 0.6 is 0 Å². The Morgan fingerprint density at radius 2 is 2.21 bits per heavy atom. The van der Waals surface area contributed by atoms with E-state index < -0.39 is 0 Å². The second-order valence-electron chi connectivity index (χ2n) is 4.95. The molecule has 19 heavy (non-hydrogen) atoms. The van der Waals surface area contributed by atoms with Crippen molar-refractivity contribution in [2.45, 2.75) is 25.3 Å². The van der Waals surface area contributed by atoms with Crippen molar-refractivity contribution in [1.29, 1.82) is 0 Å². The highest BCUT2D eigenvalue weighted by atomic mass is 16.6. The van der Waals surface area contributed by atoms with Gasteiger partial charge in [0.2, 0.25) is 0 Å². The maximum absolute atomic E-state index is 12.0. The lowest BCUT2D eigenvalue weighted by molar-refractivity contribution is 0.173. The molecule has 1 unspecified atom stereocenters. The molecule has 0 saturated carbocycles. The zero-order valence-electron chi connectivity index (χ0n) is 11.4. The molecule has 1 saturated heterocycles. The number of nitrogens with two attached hydrogens (primary N) is 1. The molecule has 1 heterocycles. The first-order chi connectivity index (χ1) is 9.12. The first-order valence-corrected chi connectivity index (χ1v) is 6.42. The Morgan fingerprint density at radius 1 is 1.47 bits per heavy atom. The van der Waals surface area contributed by atoms with Crippen molar-refractivity contribution in [3.8, 4) is 5.75 Å². The number of amides is 1. The van der Waals surface area contributed by atoms with Crippen molar-refractivity contribution in [2.24, 2.45) is 5.73 Å². The predicted molar refractivity (Wildman–Crippen MR) is 73.5 cm³/mol. The van der Waals surface area contributed by atoms with E-state index in [0.29, 0.717) is 18.9 Å². The van der Waals surface area contributed by atoms with Gasteiger partial charge in [0.05, 0.1) is 18.3 Å². The number of hydrogen-bond donors (Lipinski definition) is 1. The van der Waals surface area contributed by atoms with Crippen molar-refractivity contribution in [2.75, 3.05) is 25.2 Å². The van der Waals surface area contributed by atoms with E-state index in [1.54, 1.807) is 12.0 Å². The van der Waals surface area contributed by atoms with Crippen molar-refractivity contribution in [1.82, 2.24) is 0 Å². The van der Waals surface area contributed by atoms with Crippen LogP contribution in [-0.4, -0.2) is 31.9 Å². The van der Waals surface area contributed by atoms with Crippen LogP contribution in [0.3, 0.4) is 0 Å². The van der Waals surface area contributed by atoms with Gasteiger partial charge in [-0.3, -0.25) is 4.90 Å². The molecule has 2 N–H and O–H groups in total. The molecule has 104 valence electrons. The van der Waals surface area contributed by atoms with Gasteiger partial charge in [-0.05, 0) is 38.4 Å². The normalized spacial score (nSPS) is 22.5. The lowest BCUT2D eigenvalue weighted by Gasteiger charge is -2.32. The van der Waals surface area contributed by atoms with Gasteiger partial charge in [0.1, 0.15) is 12.4 Å². The second kappa shape index (κ2) is 5.48. The van der Waals surface area contributed by atoms with Crippen LogP contribution in [-0.2, 0) is 4.74 Å². The summed E-state index contributed by atoms with van der Waals surface area (Å²) in [7, 11) is 1.59. The molecule has 1 aromatic rings. The van der Waals surface area contributed by atoms with Crippen molar-refractivity contribution in [3.63, 3.8) is 0 Å². The van der Waals surface area contributed by atoms with E-state index in [2.05, 4.69) is 0 Å². The number of ether oxygens (including phenoxy) is 2. The molecular weight excluding hydrogens is 244 g/mol. The Bertz CT molecular complexity index is 464. The van der Waals surface area contributed by atoms with Crippen LogP contribution in [0.4, 0.5) is 10.5 Å². The smallest absolute Gasteiger partial charge is 0.415 e. The Balaban J connectivity index is 2.36. The van der Waals surface area contributed by atoms with Crippen LogP contribution in [0.25, 0.3) is 0 Å². The summed E-state index contributed by atoms with van der Waals surface area (Å²) in [5.74, 6) is 0.667. The number of carbonyl (C=O) groups is 1. The number of rotatable bonds is 5. The summed E-state index contributed by atoms with van der Waals surface area (Å²) < 4.78 is 10.6. The number of hydrogen-bond acceptors (Lipinski definition) is 4. The van der Waals surface area contributed by atoms with E-state index in [1.165, 1.54) is 0 Å². The topological polar surface area (TPSA) is 64.8 Å². The third kappa shape index (κ3) is 2.51. The van der Waals surface area contributed by atoms with Crippen LogP contribution in [0.2, 0.25) is 0 Å².